The van der Waals surface area contributed by atoms with E-state index in [4.69, 9.17) is 5.26 Å². The van der Waals surface area contributed by atoms with Crippen molar-refractivity contribution in [2.45, 2.75) is 13.5 Å². The lowest BCUT2D eigenvalue weighted by atomic mass is 10.1. The quantitative estimate of drug-likeness (QED) is 0.848. The number of carbonyl (C=O) groups excluding carboxylic acids is 1. The highest BCUT2D eigenvalue weighted by Gasteiger charge is 2.14. The summed E-state index contributed by atoms with van der Waals surface area (Å²) in [7, 11) is 1.77. The number of carbonyl (C=O) groups is 1. The van der Waals surface area contributed by atoms with Gasteiger partial charge in [0.1, 0.15) is 0 Å². The van der Waals surface area contributed by atoms with Crippen LogP contribution in [0.25, 0.3) is 0 Å². The highest BCUT2D eigenvalue weighted by atomic mass is 79.9. The summed E-state index contributed by atoms with van der Waals surface area (Å²) in [5.74, 6) is -0.0256. The zero-order chi connectivity index (χ0) is 15.4. The molecular formula is C17H15BrN2O. The molecule has 0 aliphatic rings. The van der Waals surface area contributed by atoms with E-state index in [9.17, 15) is 4.79 Å². The topological polar surface area (TPSA) is 44.1 Å². The standard InChI is InChI=1S/C17H15BrN2O/c1-12-8-15(18)6-7-16(12)17(21)20(2)11-14-5-3-4-13(9-14)10-19/h3-9H,11H2,1-2H3. The van der Waals surface area contributed by atoms with E-state index in [1.54, 1.807) is 24.1 Å². The number of hydrogen-bond acceptors (Lipinski definition) is 2. The molecule has 1 amide bonds. The first-order valence-corrected chi connectivity index (χ1v) is 7.31. The van der Waals surface area contributed by atoms with Gasteiger partial charge in [-0.3, -0.25) is 4.79 Å². The first kappa shape index (κ1) is 15.3. The zero-order valence-electron chi connectivity index (χ0n) is 11.9. The maximum Gasteiger partial charge on any atom is 0.254 e. The second-order valence-electron chi connectivity index (χ2n) is 4.93. The third-order valence-electron chi connectivity index (χ3n) is 3.24. The summed E-state index contributed by atoms with van der Waals surface area (Å²) in [5, 5.41) is 8.91. The fraction of sp³-hybridized carbons (Fsp3) is 0.176. The Kier molecular flexibility index (Phi) is 4.77. The molecule has 21 heavy (non-hydrogen) atoms. The van der Waals surface area contributed by atoms with Crippen LogP contribution in [0.2, 0.25) is 0 Å². The van der Waals surface area contributed by atoms with E-state index < -0.39 is 0 Å². The molecule has 0 radical (unpaired) electrons. The van der Waals surface area contributed by atoms with Crippen molar-refractivity contribution in [2.75, 3.05) is 7.05 Å². The van der Waals surface area contributed by atoms with E-state index in [-0.39, 0.29) is 5.91 Å². The molecule has 3 nitrogen and oxygen atoms in total. The molecule has 0 saturated heterocycles. The summed E-state index contributed by atoms with van der Waals surface area (Å²) in [6.07, 6.45) is 0. The van der Waals surface area contributed by atoms with Gasteiger partial charge in [-0.05, 0) is 48.4 Å². The predicted molar refractivity (Wildman–Crippen MR) is 85.8 cm³/mol. The molecule has 4 heteroatoms. The smallest absolute Gasteiger partial charge is 0.254 e. The monoisotopic (exact) mass is 342 g/mol. The van der Waals surface area contributed by atoms with Crippen molar-refractivity contribution in [2.24, 2.45) is 0 Å². The minimum atomic E-state index is -0.0256. The lowest BCUT2D eigenvalue weighted by Gasteiger charge is -2.18. The Bertz CT molecular complexity index is 719. The van der Waals surface area contributed by atoms with Gasteiger partial charge in [0.25, 0.3) is 5.91 Å². The minimum Gasteiger partial charge on any atom is -0.337 e. The van der Waals surface area contributed by atoms with Gasteiger partial charge in [0.05, 0.1) is 11.6 Å². The third-order valence-corrected chi connectivity index (χ3v) is 3.73. The number of rotatable bonds is 3. The summed E-state index contributed by atoms with van der Waals surface area (Å²) in [6, 6.07) is 15.0. The summed E-state index contributed by atoms with van der Waals surface area (Å²) in [5.41, 5.74) is 3.18. The SMILES string of the molecule is Cc1cc(Br)ccc1C(=O)N(C)Cc1cccc(C#N)c1. The van der Waals surface area contributed by atoms with E-state index in [2.05, 4.69) is 22.0 Å². The van der Waals surface area contributed by atoms with E-state index in [1.165, 1.54) is 0 Å². The van der Waals surface area contributed by atoms with Crippen molar-refractivity contribution in [3.63, 3.8) is 0 Å². The Hall–Kier alpha value is -2.12. The van der Waals surface area contributed by atoms with Gasteiger partial charge in [-0.2, -0.15) is 5.26 Å². The Balaban J connectivity index is 2.17. The van der Waals surface area contributed by atoms with Gasteiger partial charge < -0.3 is 4.90 Å². The number of hydrogen-bond donors (Lipinski definition) is 0. The molecule has 0 bridgehead atoms. The van der Waals surface area contributed by atoms with Crippen molar-refractivity contribution >= 4 is 21.8 Å². The number of benzene rings is 2. The zero-order valence-corrected chi connectivity index (χ0v) is 13.5. The van der Waals surface area contributed by atoms with E-state index >= 15 is 0 Å². The third kappa shape index (κ3) is 3.71. The van der Waals surface area contributed by atoms with E-state index in [1.807, 2.05) is 37.3 Å². The van der Waals surface area contributed by atoms with Crippen LogP contribution in [-0.4, -0.2) is 17.9 Å². The molecule has 0 atom stereocenters. The molecule has 0 unspecified atom stereocenters. The summed E-state index contributed by atoms with van der Waals surface area (Å²) in [4.78, 5) is 14.1. The fourth-order valence-electron chi connectivity index (χ4n) is 2.16. The van der Waals surface area contributed by atoms with Crippen LogP contribution < -0.4 is 0 Å². The highest BCUT2D eigenvalue weighted by molar-refractivity contribution is 9.10. The second-order valence-corrected chi connectivity index (χ2v) is 5.85. The maximum atomic E-state index is 12.5. The molecule has 0 fully saturated rings. The van der Waals surface area contributed by atoms with Crippen LogP contribution >= 0.6 is 15.9 Å². The van der Waals surface area contributed by atoms with Crippen molar-refractivity contribution < 1.29 is 4.79 Å². The molecule has 0 aliphatic heterocycles. The van der Waals surface area contributed by atoms with Gasteiger partial charge in [0, 0.05) is 23.6 Å². The predicted octanol–water partition coefficient (Wildman–Crippen LogP) is 3.90. The Morgan fingerprint density at radius 1 is 1.29 bits per heavy atom. The molecule has 0 N–H and O–H groups in total. The minimum absolute atomic E-state index is 0.0256. The lowest BCUT2D eigenvalue weighted by Crippen LogP contribution is -2.26. The lowest BCUT2D eigenvalue weighted by molar-refractivity contribution is 0.0784. The first-order valence-electron chi connectivity index (χ1n) is 6.52. The van der Waals surface area contributed by atoms with Crippen LogP contribution in [0.5, 0.6) is 0 Å². The van der Waals surface area contributed by atoms with Crippen LogP contribution in [-0.2, 0) is 6.54 Å². The fourth-order valence-corrected chi connectivity index (χ4v) is 2.63. The largest absolute Gasteiger partial charge is 0.337 e. The van der Waals surface area contributed by atoms with Crippen molar-refractivity contribution in [1.82, 2.24) is 4.90 Å². The molecule has 0 spiro atoms. The van der Waals surface area contributed by atoms with Gasteiger partial charge in [-0.1, -0.05) is 28.1 Å². The molecular weight excluding hydrogens is 328 g/mol. The van der Waals surface area contributed by atoms with Crippen LogP contribution in [0.1, 0.15) is 27.0 Å². The van der Waals surface area contributed by atoms with Crippen LogP contribution in [0, 0.1) is 18.3 Å². The van der Waals surface area contributed by atoms with Crippen molar-refractivity contribution in [3.05, 3.63) is 69.2 Å². The van der Waals surface area contributed by atoms with Gasteiger partial charge in [0.2, 0.25) is 0 Å². The molecule has 2 aromatic carbocycles. The number of aryl methyl sites for hydroxylation is 1. The number of amides is 1. The van der Waals surface area contributed by atoms with Crippen molar-refractivity contribution in [1.29, 1.82) is 5.26 Å². The number of nitrogens with zero attached hydrogens (tertiary/aromatic N) is 2. The molecule has 0 aromatic heterocycles. The second kappa shape index (κ2) is 6.55. The average Bonchev–Trinajstić information content (AvgIpc) is 2.46. The molecule has 2 rings (SSSR count). The first-order chi connectivity index (χ1) is 10.0. The summed E-state index contributed by atoms with van der Waals surface area (Å²) in [6.45, 7) is 2.39. The normalized spacial score (nSPS) is 10.0. The van der Waals surface area contributed by atoms with Gasteiger partial charge >= 0.3 is 0 Å². The maximum absolute atomic E-state index is 12.5. The Morgan fingerprint density at radius 2 is 2.05 bits per heavy atom. The van der Waals surface area contributed by atoms with Crippen LogP contribution in [0.15, 0.2) is 46.9 Å². The van der Waals surface area contributed by atoms with Gasteiger partial charge in [-0.15, -0.1) is 0 Å². The summed E-state index contributed by atoms with van der Waals surface area (Å²) >= 11 is 3.40. The molecule has 106 valence electrons. The average molecular weight is 343 g/mol. The van der Waals surface area contributed by atoms with Crippen LogP contribution in [0.3, 0.4) is 0 Å². The Labute approximate surface area is 132 Å². The molecule has 2 aromatic rings. The highest BCUT2D eigenvalue weighted by Crippen LogP contribution is 2.18. The van der Waals surface area contributed by atoms with Crippen LogP contribution in [0.4, 0.5) is 0 Å². The van der Waals surface area contributed by atoms with E-state index in [0.29, 0.717) is 17.7 Å². The molecule has 0 saturated carbocycles. The molecule has 0 heterocycles. The summed E-state index contributed by atoms with van der Waals surface area (Å²) < 4.78 is 0.959. The van der Waals surface area contributed by atoms with Gasteiger partial charge in [-0.25, -0.2) is 0 Å². The Morgan fingerprint density at radius 3 is 2.71 bits per heavy atom. The van der Waals surface area contributed by atoms with E-state index in [0.717, 1.165) is 15.6 Å². The van der Waals surface area contributed by atoms with Crippen molar-refractivity contribution in [3.8, 4) is 6.07 Å². The number of halogens is 1. The number of nitriles is 1. The van der Waals surface area contributed by atoms with Gasteiger partial charge in [0.15, 0.2) is 0 Å². The molecule has 0 aliphatic carbocycles.